The van der Waals surface area contributed by atoms with Crippen LogP contribution in [0.2, 0.25) is 0 Å². The van der Waals surface area contributed by atoms with Gasteiger partial charge >= 0.3 is 0 Å². The summed E-state index contributed by atoms with van der Waals surface area (Å²) < 4.78 is 13.6. The van der Waals surface area contributed by atoms with Crippen LogP contribution in [0.25, 0.3) is 16.5 Å². The summed E-state index contributed by atoms with van der Waals surface area (Å²) in [6.45, 7) is 0.219. The zero-order valence-electron chi connectivity index (χ0n) is 16.9. The number of amides is 1. The van der Waals surface area contributed by atoms with Crippen LogP contribution in [0, 0.1) is 5.82 Å². The average Bonchev–Trinajstić information content (AvgIpc) is 3.41. The first-order chi connectivity index (χ1) is 15.5. The van der Waals surface area contributed by atoms with Gasteiger partial charge in [0.05, 0.1) is 18.2 Å². The van der Waals surface area contributed by atoms with E-state index < -0.39 is 23.5 Å². The van der Waals surface area contributed by atoms with Crippen molar-refractivity contribution >= 4 is 39.6 Å². The third-order valence-electron chi connectivity index (χ3n) is 5.68. The van der Waals surface area contributed by atoms with Gasteiger partial charge in [-0.3, -0.25) is 9.59 Å². The molecule has 1 atom stereocenters. The summed E-state index contributed by atoms with van der Waals surface area (Å²) in [6.07, 6.45) is 0. The van der Waals surface area contributed by atoms with Gasteiger partial charge in [0, 0.05) is 10.4 Å². The third-order valence-corrected chi connectivity index (χ3v) is 6.54. The lowest BCUT2D eigenvalue weighted by Crippen LogP contribution is -2.28. The fourth-order valence-electron chi connectivity index (χ4n) is 4.18. The molecule has 158 valence electrons. The van der Waals surface area contributed by atoms with Gasteiger partial charge in [-0.05, 0) is 39.9 Å². The van der Waals surface area contributed by atoms with E-state index in [-0.39, 0.29) is 17.9 Å². The second-order valence-corrected chi connectivity index (χ2v) is 8.62. The van der Waals surface area contributed by atoms with E-state index in [2.05, 4.69) is 0 Å². The normalized spacial score (nSPS) is 17.9. The molecule has 4 nitrogen and oxygen atoms in total. The van der Waals surface area contributed by atoms with E-state index in [1.54, 1.807) is 24.3 Å². The molecular formula is C26H18FNO3S. The highest BCUT2D eigenvalue weighted by Gasteiger charge is 2.46. The number of likely N-dealkylation sites (tertiary alicyclic amines) is 1. The lowest BCUT2D eigenvalue weighted by molar-refractivity contribution is -0.140. The number of ketones is 1. The lowest BCUT2D eigenvalue weighted by Gasteiger charge is -2.25. The molecule has 0 saturated carbocycles. The molecule has 1 unspecified atom stereocenters. The Balaban J connectivity index is 1.71. The second kappa shape index (κ2) is 8.05. The quantitative estimate of drug-likeness (QED) is 0.251. The second-order valence-electron chi connectivity index (χ2n) is 7.58. The van der Waals surface area contributed by atoms with Gasteiger partial charge in [-0.25, -0.2) is 4.39 Å². The van der Waals surface area contributed by atoms with Gasteiger partial charge in [-0.15, -0.1) is 11.3 Å². The van der Waals surface area contributed by atoms with E-state index in [4.69, 9.17) is 0 Å². The Hall–Kier alpha value is -3.77. The molecule has 1 saturated heterocycles. The molecule has 3 aromatic carbocycles. The molecule has 2 heterocycles. The van der Waals surface area contributed by atoms with Crippen molar-refractivity contribution in [3.63, 3.8) is 0 Å². The summed E-state index contributed by atoms with van der Waals surface area (Å²) in [5.41, 5.74) is 1.04. The zero-order valence-corrected chi connectivity index (χ0v) is 17.7. The van der Waals surface area contributed by atoms with Crippen LogP contribution in [0.4, 0.5) is 4.39 Å². The van der Waals surface area contributed by atoms with Crippen molar-refractivity contribution in [1.29, 1.82) is 0 Å². The topological polar surface area (TPSA) is 57.6 Å². The molecular weight excluding hydrogens is 425 g/mol. The number of rotatable bonds is 4. The maximum absolute atomic E-state index is 13.6. The van der Waals surface area contributed by atoms with Gasteiger partial charge in [0.25, 0.3) is 11.7 Å². The number of carbonyl (C=O) groups excluding carboxylic acids is 2. The summed E-state index contributed by atoms with van der Waals surface area (Å²) in [4.78, 5) is 28.6. The van der Waals surface area contributed by atoms with Crippen molar-refractivity contribution in [2.45, 2.75) is 12.6 Å². The van der Waals surface area contributed by atoms with Crippen LogP contribution in [-0.2, 0) is 16.1 Å². The van der Waals surface area contributed by atoms with Crippen LogP contribution < -0.4 is 0 Å². The highest BCUT2D eigenvalue weighted by molar-refractivity contribution is 7.09. The molecule has 0 aliphatic carbocycles. The molecule has 1 N–H and O–H groups in total. The van der Waals surface area contributed by atoms with Gasteiger partial charge < -0.3 is 10.0 Å². The summed E-state index contributed by atoms with van der Waals surface area (Å²) in [5.74, 6) is -2.09. The average molecular weight is 443 g/mol. The first-order valence-corrected chi connectivity index (χ1v) is 11.0. The first-order valence-electron chi connectivity index (χ1n) is 10.1. The third kappa shape index (κ3) is 3.39. The summed E-state index contributed by atoms with van der Waals surface area (Å²) in [6, 6.07) is 21.6. The highest BCUT2D eigenvalue weighted by atomic mass is 32.1. The van der Waals surface area contributed by atoms with E-state index in [0.29, 0.717) is 11.1 Å². The van der Waals surface area contributed by atoms with Gasteiger partial charge in [-0.2, -0.15) is 0 Å². The lowest BCUT2D eigenvalue weighted by atomic mass is 9.93. The van der Waals surface area contributed by atoms with E-state index in [1.807, 2.05) is 47.8 Å². The van der Waals surface area contributed by atoms with Crippen molar-refractivity contribution in [3.8, 4) is 0 Å². The monoisotopic (exact) mass is 443 g/mol. The van der Waals surface area contributed by atoms with Crippen LogP contribution in [0.1, 0.15) is 22.0 Å². The number of thiophene rings is 1. The van der Waals surface area contributed by atoms with Crippen molar-refractivity contribution in [3.05, 3.63) is 112 Å². The number of halogens is 1. The molecule has 32 heavy (non-hydrogen) atoms. The van der Waals surface area contributed by atoms with E-state index >= 15 is 0 Å². The standard InChI is InChI=1S/C26H18FNO3S/c27-18-12-10-17(11-13-18)23-22(25(30)26(31)28(23)15-19-7-4-14-32-19)24(29)21-9-3-6-16-5-1-2-8-20(16)21/h1-14,23,29H,15H2/b24-22-. The molecule has 4 aromatic rings. The summed E-state index contributed by atoms with van der Waals surface area (Å²) in [5, 5.41) is 14.9. The predicted molar refractivity (Wildman–Crippen MR) is 123 cm³/mol. The summed E-state index contributed by atoms with van der Waals surface area (Å²) in [7, 11) is 0. The van der Waals surface area contributed by atoms with Crippen LogP contribution >= 0.6 is 11.3 Å². The minimum atomic E-state index is -0.823. The van der Waals surface area contributed by atoms with Crippen molar-refractivity contribution in [1.82, 2.24) is 4.90 Å². The predicted octanol–water partition coefficient (Wildman–Crippen LogP) is 5.66. The molecule has 6 heteroatoms. The van der Waals surface area contributed by atoms with E-state index in [9.17, 15) is 19.1 Å². The molecule has 1 aliphatic rings. The summed E-state index contributed by atoms with van der Waals surface area (Å²) >= 11 is 1.48. The molecule has 0 bridgehead atoms. The minimum absolute atomic E-state index is 0.00881. The Morgan fingerprint density at radius 3 is 2.44 bits per heavy atom. The molecule has 0 spiro atoms. The smallest absolute Gasteiger partial charge is 0.295 e. The maximum Gasteiger partial charge on any atom is 0.295 e. The molecule has 1 fully saturated rings. The molecule has 1 amide bonds. The number of hydrogen-bond donors (Lipinski definition) is 1. The van der Waals surface area contributed by atoms with Crippen LogP contribution in [0.5, 0.6) is 0 Å². The number of nitrogens with zero attached hydrogens (tertiary/aromatic N) is 1. The van der Waals surface area contributed by atoms with Crippen LogP contribution in [0.15, 0.2) is 89.8 Å². The number of aliphatic hydroxyl groups is 1. The Labute approximate surface area is 187 Å². The molecule has 0 radical (unpaired) electrons. The SMILES string of the molecule is O=C1C(=O)N(Cc2cccs2)C(c2ccc(F)cc2)/C1=C(/O)c1cccc2ccccc12. The van der Waals surface area contributed by atoms with Crippen LogP contribution in [0.3, 0.4) is 0 Å². The van der Waals surface area contributed by atoms with E-state index in [1.165, 1.54) is 28.4 Å². The van der Waals surface area contributed by atoms with Gasteiger partial charge in [0.1, 0.15) is 11.6 Å². The van der Waals surface area contributed by atoms with Crippen molar-refractivity contribution in [2.75, 3.05) is 0 Å². The number of carbonyl (C=O) groups is 2. The maximum atomic E-state index is 13.6. The van der Waals surface area contributed by atoms with Crippen LogP contribution in [-0.4, -0.2) is 21.7 Å². The van der Waals surface area contributed by atoms with Crippen molar-refractivity contribution in [2.24, 2.45) is 0 Å². The Bertz CT molecular complexity index is 1350. The number of fused-ring (bicyclic) bond motifs is 1. The molecule has 1 aliphatic heterocycles. The minimum Gasteiger partial charge on any atom is -0.507 e. The van der Waals surface area contributed by atoms with Gasteiger partial charge in [0.15, 0.2) is 0 Å². The fourth-order valence-corrected chi connectivity index (χ4v) is 4.88. The fraction of sp³-hybridized carbons (Fsp3) is 0.0769. The Kier molecular flexibility index (Phi) is 5.07. The van der Waals surface area contributed by atoms with E-state index in [0.717, 1.165) is 15.6 Å². The Morgan fingerprint density at radius 1 is 0.938 bits per heavy atom. The number of benzene rings is 3. The number of hydrogen-bond acceptors (Lipinski definition) is 4. The van der Waals surface area contributed by atoms with Gasteiger partial charge in [0.2, 0.25) is 0 Å². The van der Waals surface area contributed by atoms with Crippen molar-refractivity contribution < 1.29 is 19.1 Å². The molecule has 1 aromatic heterocycles. The number of Topliss-reactive ketones (excluding diaryl/α,β-unsaturated/α-hetero) is 1. The van der Waals surface area contributed by atoms with Gasteiger partial charge in [-0.1, -0.05) is 60.7 Å². The first kappa shape index (κ1) is 20.2. The molecule has 5 rings (SSSR count). The largest absolute Gasteiger partial charge is 0.507 e. The highest BCUT2D eigenvalue weighted by Crippen LogP contribution is 2.41. The Morgan fingerprint density at radius 2 is 1.69 bits per heavy atom. The zero-order chi connectivity index (χ0) is 22.2. The number of aliphatic hydroxyl groups excluding tert-OH is 1.